The number of nitro groups is 1. The van der Waals surface area contributed by atoms with Crippen molar-refractivity contribution in [3.63, 3.8) is 0 Å². The van der Waals surface area contributed by atoms with Gasteiger partial charge < -0.3 is 11.1 Å². The molecule has 0 heterocycles. The normalized spacial score (nSPS) is 12.2. The van der Waals surface area contributed by atoms with Crippen LogP contribution in [0.15, 0.2) is 18.2 Å². The Morgan fingerprint density at radius 2 is 2.27 bits per heavy atom. The molecule has 1 rings (SSSR count). The van der Waals surface area contributed by atoms with Gasteiger partial charge in [-0.2, -0.15) is 0 Å². The van der Waals surface area contributed by atoms with Crippen molar-refractivity contribution in [2.24, 2.45) is 5.73 Å². The van der Waals surface area contributed by atoms with Crippen molar-refractivity contribution < 1.29 is 4.92 Å². The molecular formula is C10H15N3O2. The van der Waals surface area contributed by atoms with Crippen molar-refractivity contribution in [3.05, 3.63) is 33.9 Å². The molecule has 5 nitrogen and oxygen atoms in total. The van der Waals surface area contributed by atoms with E-state index in [0.717, 1.165) is 5.56 Å². The number of hydrogen-bond acceptors (Lipinski definition) is 4. The van der Waals surface area contributed by atoms with Gasteiger partial charge in [0.1, 0.15) is 5.69 Å². The monoisotopic (exact) mass is 209 g/mol. The molecule has 0 amide bonds. The predicted octanol–water partition coefficient (Wildman–Crippen LogP) is 1.66. The van der Waals surface area contributed by atoms with E-state index in [1.165, 1.54) is 0 Å². The third-order valence-electron chi connectivity index (χ3n) is 2.11. The molecule has 1 unspecified atom stereocenters. The van der Waals surface area contributed by atoms with Crippen LogP contribution in [0.2, 0.25) is 0 Å². The van der Waals surface area contributed by atoms with E-state index < -0.39 is 4.92 Å². The van der Waals surface area contributed by atoms with Gasteiger partial charge in [-0.25, -0.2) is 0 Å². The van der Waals surface area contributed by atoms with Gasteiger partial charge in [0.05, 0.1) is 4.92 Å². The van der Waals surface area contributed by atoms with Crippen LogP contribution >= 0.6 is 0 Å². The van der Waals surface area contributed by atoms with Crippen LogP contribution in [0.5, 0.6) is 0 Å². The highest BCUT2D eigenvalue weighted by atomic mass is 16.6. The number of hydrogen-bond donors (Lipinski definition) is 2. The highest BCUT2D eigenvalue weighted by molar-refractivity contribution is 5.62. The Morgan fingerprint density at radius 3 is 2.80 bits per heavy atom. The molecule has 15 heavy (non-hydrogen) atoms. The molecule has 0 bridgehead atoms. The first-order valence-electron chi connectivity index (χ1n) is 4.76. The van der Waals surface area contributed by atoms with E-state index >= 15 is 0 Å². The second-order valence-electron chi connectivity index (χ2n) is 3.56. The average Bonchev–Trinajstić information content (AvgIpc) is 2.20. The molecular weight excluding hydrogens is 194 g/mol. The third kappa shape index (κ3) is 2.92. The zero-order valence-electron chi connectivity index (χ0n) is 8.86. The van der Waals surface area contributed by atoms with Gasteiger partial charge in [-0.3, -0.25) is 10.1 Å². The molecule has 1 aromatic rings. The minimum atomic E-state index is -0.390. The Labute approximate surface area is 88.4 Å². The Balaban J connectivity index is 3.01. The summed E-state index contributed by atoms with van der Waals surface area (Å²) < 4.78 is 0. The summed E-state index contributed by atoms with van der Waals surface area (Å²) in [6, 6.07) is 5.11. The number of nitrogens with one attached hydrogen (secondary N) is 1. The highest BCUT2D eigenvalue weighted by Crippen LogP contribution is 2.25. The summed E-state index contributed by atoms with van der Waals surface area (Å²) in [5.74, 6) is 0. The molecule has 0 saturated heterocycles. The lowest BCUT2D eigenvalue weighted by Gasteiger charge is -2.13. The Hall–Kier alpha value is -1.62. The lowest BCUT2D eigenvalue weighted by Crippen LogP contribution is -2.25. The Morgan fingerprint density at radius 1 is 1.60 bits per heavy atom. The van der Waals surface area contributed by atoms with Crippen LogP contribution in [-0.2, 0) is 0 Å². The molecule has 0 aliphatic rings. The minimum Gasteiger partial charge on any atom is -0.376 e. The predicted molar refractivity (Wildman–Crippen MR) is 60.0 cm³/mol. The quantitative estimate of drug-likeness (QED) is 0.583. The van der Waals surface area contributed by atoms with Gasteiger partial charge in [-0.05, 0) is 25.5 Å². The number of nitrogens with two attached hydrogens (primary N) is 1. The molecule has 0 fully saturated rings. The Kier molecular flexibility index (Phi) is 3.62. The second kappa shape index (κ2) is 4.75. The van der Waals surface area contributed by atoms with Crippen LogP contribution in [0.25, 0.3) is 0 Å². The van der Waals surface area contributed by atoms with Gasteiger partial charge in [0.15, 0.2) is 0 Å². The molecule has 0 spiro atoms. The van der Waals surface area contributed by atoms with Crippen molar-refractivity contribution in [2.45, 2.75) is 19.9 Å². The number of rotatable bonds is 4. The SMILES string of the molecule is Cc1ccc(NC(C)CN)c([N+](=O)[O-])c1. The largest absolute Gasteiger partial charge is 0.376 e. The maximum atomic E-state index is 10.8. The van der Waals surface area contributed by atoms with Gasteiger partial charge in [0, 0.05) is 18.7 Å². The van der Waals surface area contributed by atoms with E-state index in [1.54, 1.807) is 12.1 Å². The zero-order valence-corrected chi connectivity index (χ0v) is 8.86. The third-order valence-corrected chi connectivity index (χ3v) is 2.11. The fourth-order valence-corrected chi connectivity index (χ4v) is 1.24. The maximum Gasteiger partial charge on any atom is 0.292 e. The number of anilines is 1. The molecule has 5 heteroatoms. The van der Waals surface area contributed by atoms with Gasteiger partial charge in [-0.15, -0.1) is 0 Å². The lowest BCUT2D eigenvalue weighted by molar-refractivity contribution is -0.384. The topological polar surface area (TPSA) is 81.2 Å². The summed E-state index contributed by atoms with van der Waals surface area (Å²) in [6.45, 7) is 4.14. The zero-order chi connectivity index (χ0) is 11.4. The average molecular weight is 209 g/mol. The summed E-state index contributed by atoms with van der Waals surface area (Å²) in [7, 11) is 0. The van der Waals surface area contributed by atoms with Crippen LogP contribution in [0.4, 0.5) is 11.4 Å². The van der Waals surface area contributed by atoms with E-state index in [2.05, 4.69) is 5.32 Å². The summed E-state index contributed by atoms with van der Waals surface area (Å²) in [4.78, 5) is 10.4. The summed E-state index contributed by atoms with van der Waals surface area (Å²) in [5.41, 5.74) is 6.92. The number of aryl methyl sites for hydroxylation is 1. The summed E-state index contributed by atoms with van der Waals surface area (Å²) in [6.07, 6.45) is 0. The fourth-order valence-electron chi connectivity index (χ4n) is 1.24. The first kappa shape index (κ1) is 11.5. The number of nitro benzene ring substituents is 1. The van der Waals surface area contributed by atoms with Crippen molar-refractivity contribution in [1.82, 2.24) is 0 Å². The molecule has 0 saturated carbocycles. The molecule has 3 N–H and O–H groups in total. The van der Waals surface area contributed by atoms with Crippen molar-refractivity contribution >= 4 is 11.4 Å². The van der Waals surface area contributed by atoms with Crippen LogP contribution in [0.1, 0.15) is 12.5 Å². The number of nitrogens with zero attached hydrogens (tertiary/aromatic N) is 1. The van der Waals surface area contributed by atoms with Gasteiger partial charge in [-0.1, -0.05) is 6.07 Å². The van der Waals surface area contributed by atoms with Crippen molar-refractivity contribution in [1.29, 1.82) is 0 Å². The lowest BCUT2D eigenvalue weighted by atomic mass is 10.2. The van der Waals surface area contributed by atoms with E-state index in [1.807, 2.05) is 19.9 Å². The standard InChI is InChI=1S/C10H15N3O2/c1-7-3-4-9(12-8(2)6-11)10(5-7)13(14)15/h3-5,8,12H,6,11H2,1-2H3. The summed E-state index contributed by atoms with van der Waals surface area (Å²) >= 11 is 0. The fraction of sp³-hybridized carbons (Fsp3) is 0.400. The smallest absolute Gasteiger partial charge is 0.292 e. The van der Waals surface area contributed by atoms with Gasteiger partial charge in [0.25, 0.3) is 5.69 Å². The van der Waals surface area contributed by atoms with Gasteiger partial charge >= 0.3 is 0 Å². The van der Waals surface area contributed by atoms with Crippen LogP contribution in [-0.4, -0.2) is 17.5 Å². The highest BCUT2D eigenvalue weighted by Gasteiger charge is 2.14. The molecule has 1 aromatic carbocycles. The number of benzene rings is 1. The van der Waals surface area contributed by atoms with Crippen molar-refractivity contribution in [3.8, 4) is 0 Å². The molecule has 0 aliphatic carbocycles. The first-order valence-corrected chi connectivity index (χ1v) is 4.76. The van der Waals surface area contributed by atoms with E-state index in [9.17, 15) is 10.1 Å². The van der Waals surface area contributed by atoms with E-state index in [0.29, 0.717) is 12.2 Å². The molecule has 0 aromatic heterocycles. The van der Waals surface area contributed by atoms with E-state index in [4.69, 9.17) is 5.73 Å². The second-order valence-corrected chi connectivity index (χ2v) is 3.56. The van der Waals surface area contributed by atoms with Crippen LogP contribution in [0, 0.1) is 17.0 Å². The molecule has 0 radical (unpaired) electrons. The van der Waals surface area contributed by atoms with Crippen molar-refractivity contribution in [2.75, 3.05) is 11.9 Å². The van der Waals surface area contributed by atoms with Crippen LogP contribution < -0.4 is 11.1 Å². The molecule has 0 aliphatic heterocycles. The maximum absolute atomic E-state index is 10.8. The van der Waals surface area contributed by atoms with E-state index in [-0.39, 0.29) is 11.7 Å². The Bertz CT molecular complexity index is 366. The minimum absolute atomic E-state index is 0.0198. The summed E-state index contributed by atoms with van der Waals surface area (Å²) in [5, 5.41) is 13.8. The first-order chi connectivity index (χ1) is 7.04. The molecule has 82 valence electrons. The van der Waals surface area contributed by atoms with Crippen LogP contribution in [0.3, 0.4) is 0 Å². The molecule has 1 atom stereocenters. The van der Waals surface area contributed by atoms with Gasteiger partial charge in [0.2, 0.25) is 0 Å².